The first-order valence-electron chi connectivity index (χ1n) is 11.9. The minimum Gasteiger partial charge on any atom is -0.486 e. The summed E-state index contributed by atoms with van der Waals surface area (Å²) in [5.74, 6) is 0.341. The van der Waals surface area contributed by atoms with Gasteiger partial charge >= 0.3 is 5.97 Å². The third kappa shape index (κ3) is 5.31. The van der Waals surface area contributed by atoms with Crippen LogP contribution in [0.3, 0.4) is 0 Å². The van der Waals surface area contributed by atoms with Crippen molar-refractivity contribution in [1.29, 1.82) is 0 Å². The number of aryl methyl sites for hydroxylation is 1. The van der Waals surface area contributed by atoms with E-state index in [1.807, 2.05) is 22.8 Å². The van der Waals surface area contributed by atoms with Gasteiger partial charge in [0.2, 0.25) is 0 Å². The van der Waals surface area contributed by atoms with Crippen molar-refractivity contribution < 1.29 is 28.6 Å². The molecule has 0 unspecified atom stereocenters. The van der Waals surface area contributed by atoms with Gasteiger partial charge in [-0.25, -0.2) is 0 Å². The van der Waals surface area contributed by atoms with Crippen LogP contribution in [0.5, 0.6) is 11.5 Å². The number of hydrogen-bond donors (Lipinski definition) is 0. The molecule has 0 bridgehead atoms. The summed E-state index contributed by atoms with van der Waals surface area (Å²) < 4.78 is 19.2. The molecule has 5 rings (SSSR count). The molecule has 8 nitrogen and oxygen atoms in total. The second kappa shape index (κ2) is 10.8. The van der Waals surface area contributed by atoms with Gasteiger partial charge in [-0.1, -0.05) is 53.8 Å². The fourth-order valence-electron chi connectivity index (χ4n) is 4.02. The molecular formula is C28H24N2O6S. The van der Waals surface area contributed by atoms with Crippen LogP contribution >= 0.6 is 11.3 Å². The topological polar surface area (TPSA) is 96.2 Å². The van der Waals surface area contributed by atoms with Crippen LogP contribution in [0.4, 0.5) is 0 Å². The number of carbonyl (C=O) groups is 3. The van der Waals surface area contributed by atoms with E-state index in [1.54, 1.807) is 55.5 Å². The molecule has 0 N–H and O–H groups in total. The number of ether oxygens (including phenoxy) is 3. The van der Waals surface area contributed by atoms with Crippen molar-refractivity contribution in [2.75, 3.05) is 19.8 Å². The van der Waals surface area contributed by atoms with Gasteiger partial charge in [0.1, 0.15) is 13.2 Å². The highest BCUT2D eigenvalue weighted by Crippen LogP contribution is 2.35. The average Bonchev–Trinajstić information content (AvgIpc) is 3.26. The molecule has 1 aliphatic heterocycles. The van der Waals surface area contributed by atoms with Crippen molar-refractivity contribution in [3.05, 3.63) is 88.2 Å². The maximum atomic E-state index is 13.1. The molecule has 1 aromatic heterocycles. The van der Waals surface area contributed by atoms with Crippen LogP contribution in [-0.4, -0.2) is 42.0 Å². The molecule has 4 aromatic rings. The molecule has 1 aliphatic rings. The predicted octanol–water partition coefficient (Wildman–Crippen LogP) is 4.40. The van der Waals surface area contributed by atoms with E-state index in [9.17, 15) is 14.4 Å². The highest BCUT2D eigenvalue weighted by atomic mass is 32.1. The number of carbonyl (C=O) groups excluding carboxylic acids is 3. The largest absolute Gasteiger partial charge is 0.486 e. The number of nitrogens with zero attached hydrogens (tertiary/aromatic N) is 2. The van der Waals surface area contributed by atoms with Crippen LogP contribution in [0, 0.1) is 0 Å². The van der Waals surface area contributed by atoms with Crippen LogP contribution in [0.25, 0.3) is 10.2 Å². The highest BCUT2D eigenvalue weighted by Gasteiger charge is 2.18. The second-order valence-electron chi connectivity index (χ2n) is 8.24. The van der Waals surface area contributed by atoms with E-state index >= 15 is 0 Å². The molecule has 3 aromatic carbocycles. The summed E-state index contributed by atoms with van der Waals surface area (Å²) in [6.45, 7) is 3.25. The first kappa shape index (κ1) is 24.5. The van der Waals surface area contributed by atoms with Crippen LogP contribution in [0.15, 0.2) is 71.7 Å². The second-order valence-corrected chi connectivity index (χ2v) is 9.25. The fourth-order valence-corrected chi connectivity index (χ4v) is 5.08. The first-order valence-corrected chi connectivity index (χ1v) is 12.7. The molecule has 1 amide bonds. The van der Waals surface area contributed by atoms with Crippen LogP contribution in [0.2, 0.25) is 0 Å². The lowest BCUT2D eigenvalue weighted by Gasteiger charge is -2.18. The Kier molecular flexibility index (Phi) is 7.14. The monoisotopic (exact) mass is 516 g/mol. The van der Waals surface area contributed by atoms with E-state index in [2.05, 4.69) is 4.99 Å². The van der Waals surface area contributed by atoms with Crippen molar-refractivity contribution in [3.8, 4) is 11.5 Å². The van der Waals surface area contributed by atoms with E-state index in [4.69, 9.17) is 14.2 Å². The molecule has 0 spiro atoms. The lowest BCUT2D eigenvalue weighted by molar-refractivity contribution is -0.143. The van der Waals surface area contributed by atoms with Gasteiger partial charge in [-0.3, -0.25) is 14.4 Å². The summed E-state index contributed by atoms with van der Waals surface area (Å²) >= 11 is 1.32. The van der Waals surface area contributed by atoms with Gasteiger partial charge in [-0.15, -0.1) is 0 Å². The molecular weight excluding hydrogens is 492 g/mol. The van der Waals surface area contributed by atoms with Gasteiger partial charge in [0.25, 0.3) is 5.91 Å². The van der Waals surface area contributed by atoms with Crippen molar-refractivity contribution in [2.45, 2.75) is 19.9 Å². The van der Waals surface area contributed by atoms with E-state index < -0.39 is 5.91 Å². The Morgan fingerprint density at radius 1 is 0.919 bits per heavy atom. The molecule has 2 heterocycles. The van der Waals surface area contributed by atoms with E-state index in [0.29, 0.717) is 52.8 Å². The molecule has 0 saturated heterocycles. The lowest BCUT2D eigenvalue weighted by Crippen LogP contribution is -2.20. The number of esters is 1. The summed E-state index contributed by atoms with van der Waals surface area (Å²) in [7, 11) is 0. The van der Waals surface area contributed by atoms with Gasteiger partial charge in [0.15, 0.2) is 22.1 Å². The van der Waals surface area contributed by atoms with Gasteiger partial charge in [-0.2, -0.15) is 4.99 Å². The van der Waals surface area contributed by atoms with E-state index in [0.717, 1.165) is 10.2 Å². The van der Waals surface area contributed by atoms with Gasteiger partial charge in [0.05, 0.1) is 23.2 Å². The maximum absolute atomic E-state index is 13.1. The molecule has 0 aliphatic carbocycles. The molecule has 0 fully saturated rings. The number of hydrogen-bond acceptors (Lipinski definition) is 7. The Bertz CT molecular complexity index is 1540. The van der Waals surface area contributed by atoms with Crippen molar-refractivity contribution in [1.82, 2.24) is 4.57 Å². The van der Waals surface area contributed by atoms with Crippen molar-refractivity contribution >= 4 is 39.2 Å². The molecule has 0 saturated carbocycles. The zero-order valence-electron chi connectivity index (χ0n) is 20.1. The van der Waals surface area contributed by atoms with Gasteiger partial charge in [-0.05, 0) is 19.1 Å². The number of ketones is 1. The Balaban J connectivity index is 1.48. The van der Waals surface area contributed by atoms with Crippen molar-refractivity contribution in [2.24, 2.45) is 4.99 Å². The third-order valence-electron chi connectivity index (χ3n) is 5.82. The average molecular weight is 517 g/mol. The quantitative estimate of drug-likeness (QED) is 0.267. The van der Waals surface area contributed by atoms with E-state index in [1.165, 1.54) is 11.3 Å². The number of amides is 1. The van der Waals surface area contributed by atoms with Crippen LogP contribution in [0.1, 0.15) is 39.6 Å². The van der Waals surface area contributed by atoms with Gasteiger partial charge in [0, 0.05) is 35.4 Å². The smallest absolute Gasteiger partial charge is 0.307 e. The summed E-state index contributed by atoms with van der Waals surface area (Å²) in [5, 5.41) is 0. The number of thiazole rings is 1. The molecule has 188 valence electrons. The normalized spacial score (nSPS) is 12.9. The minimum atomic E-state index is -0.451. The Morgan fingerprint density at radius 3 is 2.27 bits per heavy atom. The van der Waals surface area contributed by atoms with Crippen LogP contribution in [-0.2, 0) is 16.1 Å². The Morgan fingerprint density at radius 2 is 1.57 bits per heavy atom. The Labute approximate surface area is 216 Å². The number of aromatic nitrogens is 1. The van der Waals surface area contributed by atoms with E-state index in [-0.39, 0.29) is 24.7 Å². The summed E-state index contributed by atoms with van der Waals surface area (Å²) in [5.41, 5.74) is 2.20. The number of fused-ring (bicyclic) bond motifs is 2. The third-order valence-corrected chi connectivity index (χ3v) is 6.86. The zero-order valence-corrected chi connectivity index (χ0v) is 21.0. The minimum absolute atomic E-state index is 0.119. The SMILES string of the molecule is CCOC(=O)CCn1c(=NC(=O)c2ccc(C(=O)c3ccccc3)cc2)sc2cc3c(cc21)OCCO3. The molecule has 0 radical (unpaired) electrons. The molecule has 0 atom stereocenters. The maximum Gasteiger partial charge on any atom is 0.307 e. The molecule has 9 heteroatoms. The lowest BCUT2D eigenvalue weighted by atomic mass is 10.0. The van der Waals surface area contributed by atoms with Crippen molar-refractivity contribution in [3.63, 3.8) is 0 Å². The van der Waals surface area contributed by atoms with Crippen LogP contribution < -0.4 is 14.3 Å². The highest BCUT2D eigenvalue weighted by molar-refractivity contribution is 7.16. The summed E-state index contributed by atoms with van der Waals surface area (Å²) in [4.78, 5) is 42.6. The standard InChI is InChI=1S/C28H24N2O6S/c1-2-34-25(31)12-13-30-21-16-22-23(36-15-14-35-22)17-24(21)37-28(30)29-27(33)20-10-8-19(9-11-20)26(32)18-6-4-3-5-7-18/h3-11,16-17H,2,12-15H2,1H3. The summed E-state index contributed by atoms with van der Waals surface area (Å²) in [6.07, 6.45) is 0.131. The number of benzene rings is 3. The summed E-state index contributed by atoms with van der Waals surface area (Å²) in [6, 6.07) is 19.1. The first-order chi connectivity index (χ1) is 18.0. The Hall–Kier alpha value is -4.24. The predicted molar refractivity (Wildman–Crippen MR) is 138 cm³/mol. The van der Waals surface area contributed by atoms with Gasteiger partial charge < -0.3 is 18.8 Å². The zero-order chi connectivity index (χ0) is 25.8. The fraction of sp³-hybridized carbons (Fsp3) is 0.214. The molecule has 37 heavy (non-hydrogen) atoms. The number of rotatable bonds is 7.